The molecular weight excluding hydrogens is 224 g/mol. The molecule has 1 aromatic rings. The standard InChI is InChI=1S/C12H10O5/c13-6-15-9-3-1-2-7-4-10-11(5-8(7)9)17-12(14)16-10/h1-3,6,10-11H,4-5H2. The molecule has 0 N–H and O–H groups in total. The molecule has 1 fully saturated rings. The third kappa shape index (κ3) is 1.63. The maximum atomic E-state index is 11.0. The number of rotatable bonds is 2. The van der Waals surface area contributed by atoms with Crippen LogP contribution in [0.15, 0.2) is 18.2 Å². The van der Waals surface area contributed by atoms with E-state index in [9.17, 15) is 9.59 Å². The number of carbonyl (C=O) groups is 2. The molecule has 0 saturated carbocycles. The molecule has 0 spiro atoms. The molecule has 5 heteroatoms. The van der Waals surface area contributed by atoms with Gasteiger partial charge in [0.05, 0.1) is 0 Å². The van der Waals surface area contributed by atoms with Crippen LogP contribution in [0.5, 0.6) is 5.75 Å². The van der Waals surface area contributed by atoms with Crippen LogP contribution in [0.25, 0.3) is 0 Å². The lowest BCUT2D eigenvalue weighted by Gasteiger charge is -2.24. The number of fused-ring (bicyclic) bond motifs is 2. The molecule has 0 amide bonds. The Bertz CT molecular complexity index is 482. The SMILES string of the molecule is O=COc1cccc2c1CC1OC(=O)OC1C2. The summed E-state index contributed by atoms with van der Waals surface area (Å²) < 4.78 is 15.0. The average molecular weight is 234 g/mol. The predicted octanol–water partition coefficient (Wildman–Crippen LogP) is 1.22. The minimum atomic E-state index is -0.620. The van der Waals surface area contributed by atoms with Crippen LogP contribution < -0.4 is 4.74 Å². The Hall–Kier alpha value is -2.04. The third-order valence-corrected chi connectivity index (χ3v) is 3.14. The van der Waals surface area contributed by atoms with Crippen molar-refractivity contribution in [2.24, 2.45) is 0 Å². The van der Waals surface area contributed by atoms with E-state index in [0.717, 1.165) is 11.1 Å². The van der Waals surface area contributed by atoms with Gasteiger partial charge in [0, 0.05) is 18.4 Å². The highest BCUT2D eigenvalue weighted by Crippen LogP contribution is 2.34. The normalized spacial score (nSPS) is 25.3. The van der Waals surface area contributed by atoms with Gasteiger partial charge in [-0.25, -0.2) is 4.79 Å². The van der Waals surface area contributed by atoms with Crippen molar-refractivity contribution in [3.05, 3.63) is 29.3 Å². The van der Waals surface area contributed by atoms with Gasteiger partial charge in [0.15, 0.2) is 0 Å². The fourth-order valence-corrected chi connectivity index (χ4v) is 2.39. The van der Waals surface area contributed by atoms with Crippen LogP contribution >= 0.6 is 0 Å². The van der Waals surface area contributed by atoms with E-state index >= 15 is 0 Å². The molecular formula is C12H10O5. The molecule has 88 valence electrons. The summed E-state index contributed by atoms with van der Waals surface area (Å²) in [7, 11) is 0. The van der Waals surface area contributed by atoms with E-state index < -0.39 is 6.16 Å². The number of hydrogen-bond acceptors (Lipinski definition) is 5. The molecule has 1 aromatic carbocycles. The Labute approximate surface area is 97.3 Å². The maximum absolute atomic E-state index is 11.0. The van der Waals surface area contributed by atoms with Crippen molar-refractivity contribution in [3.63, 3.8) is 0 Å². The second kappa shape index (κ2) is 3.76. The van der Waals surface area contributed by atoms with Gasteiger partial charge in [0.1, 0.15) is 18.0 Å². The Morgan fingerprint density at radius 2 is 2.00 bits per heavy atom. The van der Waals surface area contributed by atoms with Gasteiger partial charge in [-0.15, -0.1) is 0 Å². The Morgan fingerprint density at radius 1 is 1.24 bits per heavy atom. The van der Waals surface area contributed by atoms with E-state index in [1.807, 2.05) is 12.1 Å². The minimum absolute atomic E-state index is 0.221. The first-order valence-electron chi connectivity index (χ1n) is 5.36. The molecule has 2 aliphatic rings. The van der Waals surface area contributed by atoms with Gasteiger partial charge in [0.25, 0.3) is 6.47 Å². The minimum Gasteiger partial charge on any atom is -0.428 e. The summed E-state index contributed by atoms with van der Waals surface area (Å²) in [6.45, 7) is 0.402. The summed E-state index contributed by atoms with van der Waals surface area (Å²) in [6, 6.07) is 5.48. The molecule has 2 atom stereocenters. The molecule has 1 aliphatic heterocycles. The van der Waals surface area contributed by atoms with Gasteiger partial charge in [-0.2, -0.15) is 0 Å². The topological polar surface area (TPSA) is 61.8 Å². The monoisotopic (exact) mass is 234 g/mol. The summed E-state index contributed by atoms with van der Waals surface area (Å²) in [5.41, 5.74) is 1.95. The van der Waals surface area contributed by atoms with Crippen molar-refractivity contribution < 1.29 is 23.8 Å². The molecule has 0 aromatic heterocycles. The summed E-state index contributed by atoms with van der Waals surface area (Å²) in [6.07, 6.45) is 0.0101. The molecule has 0 radical (unpaired) electrons. The maximum Gasteiger partial charge on any atom is 0.509 e. The van der Waals surface area contributed by atoms with Crippen molar-refractivity contribution in [2.75, 3.05) is 0 Å². The Balaban J connectivity index is 1.96. The van der Waals surface area contributed by atoms with Gasteiger partial charge < -0.3 is 14.2 Å². The lowest BCUT2D eigenvalue weighted by molar-refractivity contribution is -0.120. The van der Waals surface area contributed by atoms with Crippen molar-refractivity contribution in [1.82, 2.24) is 0 Å². The molecule has 1 heterocycles. The molecule has 2 unspecified atom stereocenters. The smallest absolute Gasteiger partial charge is 0.428 e. The quantitative estimate of drug-likeness (QED) is 0.568. The second-order valence-electron chi connectivity index (χ2n) is 4.08. The zero-order chi connectivity index (χ0) is 11.8. The van der Waals surface area contributed by atoms with E-state index in [1.54, 1.807) is 6.07 Å². The number of carbonyl (C=O) groups excluding carboxylic acids is 2. The van der Waals surface area contributed by atoms with Crippen LogP contribution in [-0.4, -0.2) is 24.8 Å². The molecule has 17 heavy (non-hydrogen) atoms. The number of hydrogen-bond donors (Lipinski definition) is 0. The van der Waals surface area contributed by atoms with Crippen molar-refractivity contribution in [2.45, 2.75) is 25.0 Å². The highest BCUT2D eigenvalue weighted by Gasteiger charge is 2.41. The van der Waals surface area contributed by atoms with Crippen LogP contribution in [0.3, 0.4) is 0 Å². The first-order chi connectivity index (χ1) is 8.28. The zero-order valence-corrected chi connectivity index (χ0v) is 8.92. The molecule has 3 rings (SSSR count). The number of benzene rings is 1. The fraction of sp³-hybridized carbons (Fsp3) is 0.333. The molecule has 1 saturated heterocycles. The van der Waals surface area contributed by atoms with E-state index in [4.69, 9.17) is 14.2 Å². The lowest BCUT2D eigenvalue weighted by Crippen LogP contribution is -2.32. The van der Waals surface area contributed by atoms with E-state index in [1.165, 1.54) is 0 Å². The Kier molecular flexibility index (Phi) is 2.24. The van der Waals surface area contributed by atoms with E-state index in [0.29, 0.717) is 25.1 Å². The summed E-state index contributed by atoms with van der Waals surface area (Å²) >= 11 is 0. The van der Waals surface area contributed by atoms with Crippen LogP contribution in [-0.2, 0) is 27.1 Å². The Morgan fingerprint density at radius 3 is 2.76 bits per heavy atom. The van der Waals surface area contributed by atoms with E-state index in [2.05, 4.69) is 0 Å². The van der Waals surface area contributed by atoms with Crippen LogP contribution in [0.4, 0.5) is 4.79 Å². The highest BCUT2D eigenvalue weighted by atomic mass is 16.8. The first kappa shape index (κ1) is 10.1. The zero-order valence-electron chi connectivity index (χ0n) is 8.92. The molecule has 1 aliphatic carbocycles. The number of ether oxygens (including phenoxy) is 3. The van der Waals surface area contributed by atoms with Gasteiger partial charge in [0.2, 0.25) is 0 Å². The van der Waals surface area contributed by atoms with Crippen molar-refractivity contribution >= 4 is 12.6 Å². The largest absolute Gasteiger partial charge is 0.509 e. The van der Waals surface area contributed by atoms with Crippen LogP contribution in [0, 0.1) is 0 Å². The molecule has 5 nitrogen and oxygen atoms in total. The van der Waals surface area contributed by atoms with Gasteiger partial charge in [-0.1, -0.05) is 12.1 Å². The van der Waals surface area contributed by atoms with Gasteiger partial charge >= 0.3 is 6.16 Å². The second-order valence-corrected chi connectivity index (χ2v) is 4.08. The van der Waals surface area contributed by atoms with Crippen LogP contribution in [0.2, 0.25) is 0 Å². The predicted molar refractivity (Wildman–Crippen MR) is 55.7 cm³/mol. The molecule has 0 bridgehead atoms. The van der Waals surface area contributed by atoms with Crippen molar-refractivity contribution in [3.8, 4) is 5.75 Å². The summed E-state index contributed by atoms with van der Waals surface area (Å²) in [5.74, 6) is 0.527. The van der Waals surface area contributed by atoms with Gasteiger partial charge in [-0.05, 0) is 11.6 Å². The highest BCUT2D eigenvalue weighted by molar-refractivity contribution is 5.63. The van der Waals surface area contributed by atoms with Gasteiger partial charge in [-0.3, -0.25) is 4.79 Å². The van der Waals surface area contributed by atoms with Crippen LogP contribution in [0.1, 0.15) is 11.1 Å². The third-order valence-electron chi connectivity index (χ3n) is 3.14. The summed E-state index contributed by atoms with van der Waals surface area (Å²) in [4.78, 5) is 21.4. The fourth-order valence-electron chi connectivity index (χ4n) is 2.39. The average Bonchev–Trinajstić information content (AvgIpc) is 2.66. The van der Waals surface area contributed by atoms with E-state index in [-0.39, 0.29) is 12.2 Å². The first-order valence-corrected chi connectivity index (χ1v) is 5.36. The summed E-state index contributed by atoms with van der Waals surface area (Å²) in [5, 5.41) is 0. The lowest BCUT2D eigenvalue weighted by atomic mass is 9.87. The van der Waals surface area contributed by atoms with Crippen molar-refractivity contribution in [1.29, 1.82) is 0 Å².